The van der Waals surface area contributed by atoms with E-state index in [4.69, 9.17) is 6.42 Å². The Morgan fingerprint density at radius 1 is 1.13 bits per heavy atom. The Morgan fingerprint density at radius 2 is 1.93 bits per heavy atom. The summed E-state index contributed by atoms with van der Waals surface area (Å²) >= 11 is 0. The summed E-state index contributed by atoms with van der Waals surface area (Å²) in [4.78, 5) is 4.36. The summed E-state index contributed by atoms with van der Waals surface area (Å²) in [5, 5.41) is 0. The molecular formula is C14H11N. The average molecular weight is 193 g/mol. The molecule has 0 unspecified atom stereocenters. The number of nitrogens with zero attached hydrogens (tertiary/aromatic N) is 1. The number of terminal acetylenes is 1. The monoisotopic (exact) mass is 193 g/mol. The van der Waals surface area contributed by atoms with Gasteiger partial charge in [0.15, 0.2) is 0 Å². The molecule has 2 rings (SSSR count). The van der Waals surface area contributed by atoms with Gasteiger partial charge in [-0.25, -0.2) is 0 Å². The Hall–Kier alpha value is -2.07. The largest absolute Gasteiger partial charge is 0.256 e. The fourth-order valence-corrected chi connectivity index (χ4v) is 1.58. The zero-order valence-electron chi connectivity index (χ0n) is 8.57. The number of aromatic nitrogens is 1. The van der Waals surface area contributed by atoms with Crippen LogP contribution in [0.15, 0.2) is 42.6 Å². The molecule has 1 heterocycles. The molecular weight excluding hydrogens is 182 g/mol. The maximum absolute atomic E-state index is 5.46. The van der Waals surface area contributed by atoms with Crippen LogP contribution < -0.4 is 0 Å². The van der Waals surface area contributed by atoms with Gasteiger partial charge in [-0.05, 0) is 24.6 Å². The molecule has 2 aromatic rings. The lowest BCUT2D eigenvalue weighted by molar-refractivity contribution is 1.27. The lowest BCUT2D eigenvalue weighted by Crippen LogP contribution is -1.90. The van der Waals surface area contributed by atoms with Crippen LogP contribution in [0.4, 0.5) is 0 Å². The van der Waals surface area contributed by atoms with Crippen LogP contribution in [0.2, 0.25) is 0 Å². The Kier molecular flexibility index (Phi) is 2.51. The van der Waals surface area contributed by atoms with Gasteiger partial charge in [-0.15, -0.1) is 6.42 Å². The van der Waals surface area contributed by atoms with Gasteiger partial charge >= 0.3 is 0 Å². The van der Waals surface area contributed by atoms with Gasteiger partial charge in [-0.2, -0.15) is 0 Å². The maximum Gasteiger partial charge on any atom is 0.0743 e. The van der Waals surface area contributed by atoms with E-state index >= 15 is 0 Å². The topological polar surface area (TPSA) is 12.9 Å². The minimum Gasteiger partial charge on any atom is -0.256 e. The predicted molar refractivity (Wildman–Crippen MR) is 62.3 cm³/mol. The number of hydrogen-bond acceptors (Lipinski definition) is 1. The molecule has 0 spiro atoms. The van der Waals surface area contributed by atoms with E-state index in [0.717, 1.165) is 22.4 Å². The second-order valence-corrected chi connectivity index (χ2v) is 3.36. The number of pyridine rings is 1. The molecule has 0 aliphatic heterocycles. The van der Waals surface area contributed by atoms with Crippen LogP contribution in [0.25, 0.3) is 11.3 Å². The first-order valence-corrected chi connectivity index (χ1v) is 4.80. The van der Waals surface area contributed by atoms with E-state index < -0.39 is 0 Å². The van der Waals surface area contributed by atoms with Crippen LogP contribution in [0, 0.1) is 19.3 Å². The Balaban J connectivity index is 2.65. The van der Waals surface area contributed by atoms with Gasteiger partial charge in [0.05, 0.1) is 5.69 Å². The van der Waals surface area contributed by atoms with Gasteiger partial charge in [0.25, 0.3) is 0 Å². The summed E-state index contributed by atoms with van der Waals surface area (Å²) in [6.07, 6.45) is 7.25. The van der Waals surface area contributed by atoms with Crippen LogP contribution in [-0.4, -0.2) is 4.98 Å². The highest BCUT2D eigenvalue weighted by atomic mass is 14.7. The van der Waals surface area contributed by atoms with Crippen molar-refractivity contribution in [2.75, 3.05) is 0 Å². The average Bonchev–Trinajstić information content (AvgIpc) is 2.30. The normalized spacial score (nSPS) is 9.60. The van der Waals surface area contributed by atoms with Gasteiger partial charge < -0.3 is 0 Å². The zero-order chi connectivity index (χ0) is 10.7. The predicted octanol–water partition coefficient (Wildman–Crippen LogP) is 3.04. The highest BCUT2D eigenvalue weighted by Gasteiger charge is 2.05. The molecule has 0 fully saturated rings. The van der Waals surface area contributed by atoms with E-state index in [1.807, 2.05) is 43.3 Å². The Labute approximate surface area is 89.8 Å². The first-order chi connectivity index (χ1) is 7.33. The van der Waals surface area contributed by atoms with E-state index in [1.54, 1.807) is 6.20 Å². The molecule has 0 bridgehead atoms. The summed E-state index contributed by atoms with van der Waals surface area (Å²) in [6, 6.07) is 11.8. The van der Waals surface area contributed by atoms with E-state index in [0.29, 0.717) is 0 Å². The smallest absolute Gasteiger partial charge is 0.0743 e. The molecule has 1 aromatic carbocycles. The van der Waals surface area contributed by atoms with Crippen molar-refractivity contribution in [3.63, 3.8) is 0 Å². The van der Waals surface area contributed by atoms with Crippen molar-refractivity contribution in [1.29, 1.82) is 0 Å². The number of aryl methyl sites for hydroxylation is 1. The molecule has 15 heavy (non-hydrogen) atoms. The molecule has 1 nitrogen and oxygen atoms in total. The van der Waals surface area contributed by atoms with E-state index in [2.05, 4.69) is 10.9 Å². The first kappa shape index (κ1) is 9.48. The molecule has 1 aromatic heterocycles. The lowest BCUT2D eigenvalue weighted by Gasteiger charge is -2.06. The molecule has 0 saturated heterocycles. The van der Waals surface area contributed by atoms with Crippen molar-refractivity contribution in [3.8, 4) is 23.6 Å². The fourth-order valence-electron chi connectivity index (χ4n) is 1.58. The van der Waals surface area contributed by atoms with Gasteiger partial charge in [0, 0.05) is 17.3 Å². The van der Waals surface area contributed by atoms with Gasteiger partial charge in [0.1, 0.15) is 0 Å². The highest BCUT2D eigenvalue weighted by molar-refractivity contribution is 5.70. The second kappa shape index (κ2) is 3.98. The Bertz CT molecular complexity index is 521. The van der Waals surface area contributed by atoms with Crippen molar-refractivity contribution in [1.82, 2.24) is 4.98 Å². The first-order valence-electron chi connectivity index (χ1n) is 4.80. The quantitative estimate of drug-likeness (QED) is 0.634. The van der Waals surface area contributed by atoms with Crippen LogP contribution in [0.5, 0.6) is 0 Å². The van der Waals surface area contributed by atoms with E-state index in [9.17, 15) is 0 Å². The maximum atomic E-state index is 5.46. The number of benzene rings is 1. The van der Waals surface area contributed by atoms with Gasteiger partial charge in [0.2, 0.25) is 0 Å². The van der Waals surface area contributed by atoms with Crippen LogP contribution in [0.3, 0.4) is 0 Å². The van der Waals surface area contributed by atoms with Gasteiger partial charge in [-0.3, -0.25) is 4.98 Å². The molecule has 0 aliphatic rings. The van der Waals surface area contributed by atoms with Crippen molar-refractivity contribution < 1.29 is 0 Å². The minimum atomic E-state index is 0.888. The molecule has 0 saturated carbocycles. The molecule has 1 heteroatoms. The molecule has 0 radical (unpaired) electrons. The van der Waals surface area contributed by atoms with Crippen molar-refractivity contribution in [2.45, 2.75) is 6.92 Å². The van der Waals surface area contributed by atoms with Gasteiger partial charge in [-0.1, -0.05) is 30.2 Å². The van der Waals surface area contributed by atoms with Crippen molar-refractivity contribution >= 4 is 0 Å². The third kappa shape index (κ3) is 1.75. The summed E-state index contributed by atoms with van der Waals surface area (Å²) in [6.45, 7) is 2.04. The number of rotatable bonds is 1. The third-order valence-electron chi connectivity index (χ3n) is 2.35. The molecule has 0 amide bonds. The third-order valence-corrected chi connectivity index (χ3v) is 2.35. The lowest BCUT2D eigenvalue weighted by atomic mass is 10.0. The number of hydrogen-bond donors (Lipinski definition) is 0. The van der Waals surface area contributed by atoms with Crippen LogP contribution in [0.1, 0.15) is 11.1 Å². The highest BCUT2D eigenvalue weighted by Crippen LogP contribution is 2.23. The van der Waals surface area contributed by atoms with Crippen molar-refractivity contribution in [3.05, 3.63) is 53.7 Å². The SMILES string of the molecule is C#Cc1ccccc1-c1ncccc1C. The molecule has 0 N–H and O–H groups in total. The second-order valence-electron chi connectivity index (χ2n) is 3.36. The minimum absolute atomic E-state index is 0.888. The molecule has 0 aliphatic carbocycles. The zero-order valence-corrected chi connectivity index (χ0v) is 8.57. The Morgan fingerprint density at radius 3 is 2.67 bits per heavy atom. The summed E-state index contributed by atoms with van der Waals surface area (Å²) in [5.74, 6) is 2.68. The fraction of sp³-hybridized carbons (Fsp3) is 0.0714. The van der Waals surface area contributed by atoms with Crippen LogP contribution >= 0.6 is 0 Å². The molecule has 72 valence electrons. The van der Waals surface area contributed by atoms with E-state index in [1.165, 1.54) is 0 Å². The summed E-state index contributed by atoms with van der Waals surface area (Å²) in [5.41, 5.74) is 4.02. The molecule has 0 atom stereocenters. The standard InChI is InChI=1S/C14H11N/c1-3-12-8-4-5-9-13(12)14-11(2)7-6-10-15-14/h1,4-10H,2H3. The van der Waals surface area contributed by atoms with Crippen LogP contribution in [-0.2, 0) is 0 Å². The van der Waals surface area contributed by atoms with E-state index in [-0.39, 0.29) is 0 Å². The summed E-state index contributed by atoms with van der Waals surface area (Å²) in [7, 11) is 0. The summed E-state index contributed by atoms with van der Waals surface area (Å²) < 4.78 is 0. The van der Waals surface area contributed by atoms with Crippen molar-refractivity contribution in [2.24, 2.45) is 0 Å².